The number of aromatic nitrogens is 1. The molecule has 0 fully saturated rings. The zero-order chi connectivity index (χ0) is 18.5. The molecular formula is C20H18ClN3O2. The van der Waals surface area contributed by atoms with Crippen molar-refractivity contribution in [1.82, 2.24) is 10.4 Å². The summed E-state index contributed by atoms with van der Waals surface area (Å²) in [5, 5.41) is 5.23. The van der Waals surface area contributed by atoms with E-state index in [0.717, 1.165) is 22.0 Å². The van der Waals surface area contributed by atoms with Crippen LogP contribution in [0.4, 0.5) is 0 Å². The number of benzene rings is 2. The lowest BCUT2D eigenvalue weighted by molar-refractivity contribution is -0.123. The zero-order valence-electron chi connectivity index (χ0n) is 14.5. The number of nitrogens with one attached hydrogen (secondary N) is 1. The average molecular weight is 368 g/mol. The van der Waals surface area contributed by atoms with Gasteiger partial charge in [-0.05, 0) is 43.2 Å². The predicted molar refractivity (Wildman–Crippen MR) is 104 cm³/mol. The molecule has 1 N–H and O–H groups in total. The van der Waals surface area contributed by atoms with Crippen LogP contribution in [0.5, 0.6) is 5.75 Å². The summed E-state index contributed by atoms with van der Waals surface area (Å²) in [5.74, 6) is 0.282. The molecule has 0 aliphatic heterocycles. The van der Waals surface area contributed by atoms with Gasteiger partial charge in [-0.3, -0.25) is 4.79 Å². The number of hydrazone groups is 1. The van der Waals surface area contributed by atoms with E-state index in [-0.39, 0.29) is 12.5 Å². The van der Waals surface area contributed by atoms with E-state index < -0.39 is 0 Å². The first-order chi connectivity index (χ1) is 12.5. The lowest BCUT2D eigenvalue weighted by Crippen LogP contribution is -2.24. The summed E-state index contributed by atoms with van der Waals surface area (Å²) in [5.41, 5.74) is 6.02. The number of carbonyl (C=O) groups is 1. The number of para-hydroxylation sites is 1. The Kier molecular flexibility index (Phi) is 5.49. The molecular weight excluding hydrogens is 350 g/mol. The van der Waals surface area contributed by atoms with Crippen molar-refractivity contribution in [2.24, 2.45) is 5.10 Å². The van der Waals surface area contributed by atoms with Gasteiger partial charge in [-0.2, -0.15) is 5.10 Å². The molecule has 0 aliphatic rings. The van der Waals surface area contributed by atoms with Crippen molar-refractivity contribution in [3.8, 4) is 5.75 Å². The smallest absolute Gasteiger partial charge is 0.277 e. The molecule has 132 valence electrons. The number of hydrogen-bond donors (Lipinski definition) is 1. The number of carbonyl (C=O) groups excluding carboxylic acids is 1. The second-order valence-corrected chi connectivity index (χ2v) is 6.27. The minimum Gasteiger partial charge on any atom is -0.484 e. The highest BCUT2D eigenvalue weighted by Gasteiger charge is 2.06. The molecule has 3 rings (SSSR count). The Morgan fingerprint density at radius 1 is 1.23 bits per heavy atom. The maximum atomic E-state index is 11.8. The lowest BCUT2D eigenvalue weighted by atomic mass is 10.1. The fourth-order valence-electron chi connectivity index (χ4n) is 2.49. The van der Waals surface area contributed by atoms with Gasteiger partial charge in [0, 0.05) is 10.9 Å². The molecule has 1 aromatic heterocycles. The standard InChI is InChI=1S/C20H18ClN3O2/c1-13-5-3-8-17(9-13)26-12-18(25)24-22-11-16-10-15-7-4-6-14(2)19(15)23-20(16)21/h3-11H,12H2,1-2H3,(H,24,25)/b22-11-. The van der Waals surface area contributed by atoms with Gasteiger partial charge >= 0.3 is 0 Å². The van der Waals surface area contributed by atoms with E-state index in [0.29, 0.717) is 16.5 Å². The largest absolute Gasteiger partial charge is 0.484 e. The lowest BCUT2D eigenvalue weighted by Gasteiger charge is -2.06. The highest BCUT2D eigenvalue weighted by molar-refractivity contribution is 6.32. The minimum atomic E-state index is -0.358. The molecule has 6 heteroatoms. The number of fused-ring (bicyclic) bond motifs is 1. The van der Waals surface area contributed by atoms with Crippen LogP contribution < -0.4 is 10.2 Å². The van der Waals surface area contributed by atoms with Crippen molar-refractivity contribution in [2.75, 3.05) is 6.61 Å². The van der Waals surface area contributed by atoms with Crippen LogP contribution in [-0.4, -0.2) is 23.7 Å². The second kappa shape index (κ2) is 7.97. The number of hydrogen-bond acceptors (Lipinski definition) is 4. The molecule has 0 radical (unpaired) electrons. The Hall–Kier alpha value is -2.92. The quantitative estimate of drug-likeness (QED) is 0.420. The average Bonchev–Trinajstić information content (AvgIpc) is 2.61. The molecule has 1 heterocycles. The van der Waals surface area contributed by atoms with Crippen LogP contribution in [0, 0.1) is 13.8 Å². The van der Waals surface area contributed by atoms with Crippen LogP contribution in [0.25, 0.3) is 10.9 Å². The van der Waals surface area contributed by atoms with Gasteiger partial charge in [-0.25, -0.2) is 10.4 Å². The summed E-state index contributed by atoms with van der Waals surface area (Å²) in [7, 11) is 0. The first-order valence-electron chi connectivity index (χ1n) is 8.10. The third kappa shape index (κ3) is 4.37. The molecule has 3 aromatic rings. The van der Waals surface area contributed by atoms with Gasteiger partial charge in [0.25, 0.3) is 5.91 Å². The number of pyridine rings is 1. The Morgan fingerprint density at radius 2 is 2.04 bits per heavy atom. The van der Waals surface area contributed by atoms with Crippen molar-refractivity contribution in [1.29, 1.82) is 0 Å². The van der Waals surface area contributed by atoms with E-state index >= 15 is 0 Å². The number of ether oxygens (including phenoxy) is 1. The SMILES string of the molecule is Cc1cccc(OCC(=O)N/N=C\c2cc3cccc(C)c3nc2Cl)c1. The molecule has 0 saturated heterocycles. The highest BCUT2D eigenvalue weighted by Crippen LogP contribution is 2.21. The van der Waals surface area contributed by atoms with E-state index in [9.17, 15) is 4.79 Å². The summed E-state index contributed by atoms with van der Waals surface area (Å²) >= 11 is 6.21. The molecule has 1 amide bonds. The second-order valence-electron chi connectivity index (χ2n) is 5.91. The maximum Gasteiger partial charge on any atom is 0.277 e. The third-order valence-electron chi connectivity index (χ3n) is 3.78. The molecule has 0 spiro atoms. The summed E-state index contributed by atoms with van der Waals surface area (Å²) in [6, 6.07) is 15.3. The third-order valence-corrected chi connectivity index (χ3v) is 4.08. The topological polar surface area (TPSA) is 63.6 Å². The number of amides is 1. The van der Waals surface area contributed by atoms with Crippen LogP contribution in [0.2, 0.25) is 5.15 Å². The Bertz CT molecular complexity index is 986. The molecule has 0 aliphatic carbocycles. The molecule has 26 heavy (non-hydrogen) atoms. The normalized spacial score (nSPS) is 11.0. The Morgan fingerprint density at radius 3 is 2.85 bits per heavy atom. The van der Waals surface area contributed by atoms with Gasteiger partial charge in [0.05, 0.1) is 11.7 Å². The molecule has 0 bridgehead atoms. The summed E-state index contributed by atoms with van der Waals surface area (Å²) < 4.78 is 5.42. The highest BCUT2D eigenvalue weighted by atomic mass is 35.5. The van der Waals surface area contributed by atoms with E-state index in [1.54, 1.807) is 6.07 Å². The van der Waals surface area contributed by atoms with Crippen LogP contribution in [-0.2, 0) is 4.79 Å². The van der Waals surface area contributed by atoms with Crippen LogP contribution in [0.1, 0.15) is 16.7 Å². The number of rotatable bonds is 5. The van der Waals surface area contributed by atoms with Crippen LogP contribution >= 0.6 is 11.6 Å². The van der Waals surface area contributed by atoms with Crippen molar-refractivity contribution >= 4 is 34.6 Å². The number of aryl methyl sites for hydroxylation is 2. The molecule has 0 atom stereocenters. The van der Waals surface area contributed by atoms with Crippen molar-refractivity contribution in [3.05, 3.63) is 70.4 Å². The first kappa shape index (κ1) is 17.9. The molecule has 5 nitrogen and oxygen atoms in total. The minimum absolute atomic E-state index is 0.121. The maximum absolute atomic E-state index is 11.8. The summed E-state index contributed by atoms with van der Waals surface area (Å²) in [4.78, 5) is 16.2. The zero-order valence-corrected chi connectivity index (χ0v) is 15.2. The van der Waals surface area contributed by atoms with E-state index in [2.05, 4.69) is 15.5 Å². The Balaban J connectivity index is 1.62. The van der Waals surface area contributed by atoms with Crippen molar-refractivity contribution in [2.45, 2.75) is 13.8 Å². The molecule has 0 unspecified atom stereocenters. The fraction of sp³-hybridized carbons (Fsp3) is 0.150. The molecule has 0 saturated carbocycles. The Labute approximate surface area is 156 Å². The summed E-state index contributed by atoms with van der Waals surface area (Å²) in [6.07, 6.45) is 1.47. The van der Waals surface area contributed by atoms with E-state index in [1.165, 1.54) is 6.21 Å². The monoisotopic (exact) mass is 367 g/mol. The van der Waals surface area contributed by atoms with Gasteiger partial charge in [-0.1, -0.05) is 41.9 Å². The van der Waals surface area contributed by atoms with Gasteiger partial charge in [0.2, 0.25) is 0 Å². The van der Waals surface area contributed by atoms with Crippen molar-refractivity contribution < 1.29 is 9.53 Å². The van der Waals surface area contributed by atoms with E-state index in [1.807, 2.05) is 56.3 Å². The van der Waals surface area contributed by atoms with E-state index in [4.69, 9.17) is 16.3 Å². The molecule has 2 aromatic carbocycles. The first-order valence-corrected chi connectivity index (χ1v) is 8.48. The predicted octanol–water partition coefficient (Wildman–Crippen LogP) is 4.03. The van der Waals surface area contributed by atoms with Crippen molar-refractivity contribution in [3.63, 3.8) is 0 Å². The van der Waals surface area contributed by atoms with Crippen LogP contribution in [0.15, 0.2) is 53.6 Å². The van der Waals surface area contributed by atoms with Gasteiger partial charge in [0.1, 0.15) is 10.9 Å². The number of halogens is 1. The van der Waals surface area contributed by atoms with Crippen LogP contribution in [0.3, 0.4) is 0 Å². The summed E-state index contributed by atoms with van der Waals surface area (Å²) in [6.45, 7) is 3.82. The fourth-order valence-corrected chi connectivity index (χ4v) is 2.68. The number of nitrogens with zero attached hydrogens (tertiary/aromatic N) is 2. The van der Waals surface area contributed by atoms with Gasteiger partial charge in [0.15, 0.2) is 6.61 Å². The van der Waals surface area contributed by atoms with Gasteiger partial charge in [-0.15, -0.1) is 0 Å². The van der Waals surface area contributed by atoms with Gasteiger partial charge < -0.3 is 4.74 Å².